The minimum absolute atomic E-state index is 0.129. The second kappa shape index (κ2) is 8.22. The lowest BCUT2D eigenvalue weighted by Gasteiger charge is -2.50. The molecule has 6 rings (SSSR count). The molecule has 0 bridgehead atoms. The first-order valence-corrected chi connectivity index (χ1v) is 12.6. The topological polar surface area (TPSA) is 61.9 Å². The van der Waals surface area contributed by atoms with Crippen LogP contribution < -0.4 is 4.90 Å². The van der Waals surface area contributed by atoms with E-state index in [1.807, 2.05) is 20.0 Å². The molecule has 3 aromatic heterocycles. The summed E-state index contributed by atoms with van der Waals surface area (Å²) in [5, 5.41) is 4.52. The maximum Gasteiger partial charge on any atom is 0.431 e. The van der Waals surface area contributed by atoms with Crippen LogP contribution in [-0.2, 0) is 18.3 Å². The first kappa shape index (κ1) is 23.3. The van der Waals surface area contributed by atoms with Gasteiger partial charge >= 0.3 is 6.18 Å². The van der Waals surface area contributed by atoms with Crippen molar-refractivity contribution in [1.29, 1.82) is 0 Å². The normalized spacial score (nSPS) is 20.5. The summed E-state index contributed by atoms with van der Waals surface area (Å²) in [6.45, 7) is 5.60. The number of piperidine rings is 1. The highest BCUT2D eigenvalue weighted by Gasteiger charge is 2.47. The summed E-state index contributed by atoms with van der Waals surface area (Å²) in [4.78, 5) is 24.5. The fraction of sp³-hybridized carbons (Fsp3) is 0.560. The molecule has 3 aromatic rings. The number of aromatic nitrogens is 4. The highest BCUT2D eigenvalue weighted by Crippen LogP contribution is 2.44. The number of alkyl halides is 3. The van der Waals surface area contributed by atoms with Crippen LogP contribution in [0.2, 0.25) is 0 Å². The van der Waals surface area contributed by atoms with Crippen molar-refractivity contribution in [2.45, 2.75) is 50.9 Å². The molecule has 3 aliphatic heterocycles. The highest BCUT2D eigenvalue weighted by atomic mass is 19.4. The number of likely N-dealkylation sites (N-methyl/N-ethyl adjacent to an activating group) is 1. The lowest BCUT2D eigenvalue weighted by molar-refractivity contribution is -0.144. The molecule has 0 radical (unpaired) electrons. The van der Waals surface area contributed by atoms with Crippen molar-refractivity contribution in [3.05, 3.63) is 47.0 Å². The van der Waals surface area contributed by atoms with Crippen LogP contribution >= 0.6 is 0 Å². The lowest BCUT2D eigenvalue weighted by atomic mass is 9.81. The summed E-state index contributed by atoms with van der Waals surface area (Å²) in [6.07, 6.45) is 0.625. The molecule has 36 heavy (non-hydrogen) atoms. The molecule has 0 unspecified atom stereocenters. The molecule has 3 aliphatic rings. The smallest absolute Gasteiger partial charge is 0.356 e. The van der Waals surface area contributed by atoms with Crippen molar-refractivity contribution in [2.75, 3.05) is 44.7 Å². The minimum atomic E-state index is -4.38. The van der Waals surface area contributed by atoms with Crippen LogP contribution in [0.1, 0.15) is 53.1 Å². The van der Waals surface area contributed by atoms with Crippen molar-refractivity contribution in [2.24, 2.45) is 0 Å². The molecule has 11 heteroatoms. The number of fused-ring (bicyclic) bond motifs is 3. The Hall–Kier alpha value is -3.08. The van der Waals surface area contributed by atoms with Gasteiger partial charge in [0.1, 0.15) is 17.1 Å². The number of anilines is 1. The zero-order valence-electron chi connectivity index (χ0n) is 20.6. The van der Waals surface area contributed by atoms with Crippen LogP contribution in [-0.4, -0.2) is 74.6 Å². The van der Waals surface area contributed by atoms with Crippen molar-refractivity contribution < 1.29 is 18.0 Å². The second-order valence-corrected chi connectivity index (χ2v) is 10.2. The van der Waals surface area contributed by atoms with Gasteiger partial charge in [0.2, 0.25) is 0 Å². The molecule has 0 saturated carbocycles. The SMILES string of the molecule is Cc1cc(N2CCCC2)n2ncc(C(=O)N3CCC4(CC3)c3ccc(C(F)(F)F)n3CCN4C)c2n1. The Kier molecular flexibility index (Phi) is 5.33. The van der Waals surface area contributed by atoms with Gasteiger partial charge in [0.15, 0.2) is 5.65 Å². The number of rotatable bonds is 2. The van der Waals surface area contributed by atoms with Crippen LogP contribution in [0, 0.1) is 6.92 Å². The summed E-state index contributed by atoms with van der Waals surface area (Å²) < 4.78 is 43.9. The first-order valence-electron chi connectivity index (χ1n) is 12.6. The molecule has 2 saturated heterocycles. The second-order valence-electron chi connectivity index (χ2n) is 10.2. The predicted octanol–water partition coefficient (Wildman–Crippen LogP) is 3.54. The molecule has 0 atom stereocenters. The monoisotopic (exact) mass is 501 g/mol. The lowest BCUT2D eigenvalue weighted by Crippen LogP contribution is -2.56. The Balaban J connectivity index is 1.27. The number of hydrogen-bond donors (Lipinski definition) is 0. The number of hydrogen-bond acceptors (Lipinski definition) is 5. The summed E-state index contributed by atoms with van der Waals surface area (Å²) in [5.74, 6) is 0.826. The van der Waals surface area contributed by atoms with Crippen LogP contribution in [0.4, 0.5) is 19.0 Å². The van der Waals surface area contributed by atoms with Crippen molar-refractivity contribution in [3.8, 4) is 0 Å². The third kappa shape index (κ3) is 3.50. The Morgan fingerprint density at radius 3 is 2.44 bits per heavy atom. The van der Waals surface area contributed by atoms with Crippen LogP contribution in [0.5, 0.6) is 0 Å². The molecular formula is C25H30F3N7O. The van der Waals surface area contributed by atoms with Crippen LogP contribution in [0.25, 0.3) is 5.65 Å². The quantitative estimate of drug-likeness (QED) is 0.538. The number of aryl methyl sites for hydroxylation is 1. The van der Waals surface area contributed by atoms with E-state index in [2.05, 4.69) is 19.9 Å². The van der Waals surface area contributed by atoms with Gasteiger partial charge in [-0.2, -0.15) is 22.8 Å². The summed E-state index contributed by atoms with van der Waals surface area (Å²) in [5.41, 5.74) is 1.44. The zero-order valence-corrected chi connectivity index (χ0v) is 20.6. The molecule has 8 nitrogen and oxygen atoms in total. The van der Waals surface area contributed by atoms with E-state index in [9.17, 15) is 18.0 Å². The number of halogens is 3. The molecule has 0 aliphatic carbocycles. The van der Waals surface area contributed by atoms with Gasteiger partial charge in [-0.25, -0.2) is 4.98 Å². The predicted molar refractivity (Wildman–Crippen MR) is 128 cm³/mol. The maximum absolute atomic E-state index is 13.6. The molecule has 0 aromatic carbocycles. The molecule has 2 fully saturated rings. The molecular weight excluding hydrogens is 471 g/mol. The number of carbonyl (C=O) groups excluding carboxylic acids is 1. The van der Waals surface area contributed by atoms with E-state index in [0.29, 0.717) is 55.9 Å². The van der Waals surface area contributed by atoms with E-state index in [1.54, 1.807) is 21.7 Å². The summed E-state index contributed by atoms with van der Waals surface area (Å²) >= 11 is 0. The van der Waals surface area contributed by atoms with E-state index < -0.39 is 17.4 Å². The zero-order chi connectivity index (χ0) is 25.2. The number of nitrogens with zero attached hydrogens (tertiary/aromatic N) is 7. The van der Waals surface area contributed by atoms with Crippen LogP contribution in [0.3, 0.4) is 0 Å². The average molecular weight is 502 g/mol. The van der Waals surface area contributed by atoms with Crippen molar-refractivity contribution >= 4 is 17.4 Å². The number of likely N-dealkylation sites (tertiary alicyclic amines) is 1. The van der Waals surface area contributed by atoms with Gasteiger partial charge in [0.05, 0.1) is 11.7 Å². The van der Waals surface area contributed by atoms with Crippen molar-refractivity contribution in [3.63, 3.8) is 0 Å². The minimum Gasteiger partial charge on any atom is -0.356 e. The Labute approximate surface area is 207 Å². The van der Waals surface area contributed by atoms with E-state index in [0.717, 1.165) is 37.4 Å². The fourth-order valence-corrected chi connectivity index (χ4v) is 6.30. The largest absolute Gasteiger partial charge is 0.431 e. The summed E-state index contributed by atoms with van der Waals surface area (Å²) in [7, 11) is 1.97. The third-order valence-electron chi connectivity index (χ3n) is 8.26. The van der Waals surface area contributed by atoms with Gasteiger partial charge < -0.3 is 14.4 Å². The van der Waals surface area contributed by atoms with E-state index >= 15 is 0 Å². The summed E-state index contributed by atoms with van der Waals surface area (Å²) in [6, 6.07) is 4.82. The maximum atomic E-state index is 13.6. The standard InChI is InChI=1S/C25H30F3N7O/c1-17-15-21(32-9-3-4-10-32)35-22(30-17)18(16-29-35)23(36)33-11-7-24(8-12-33)19-5-6-20(25(26,27)28)34(19)14-13-31(24)2/h5-6,15-16H,3-4,7-14H2,1-2H3. The Morgan fingerprint density at radius 1 is 1.03 bits per heavy atom. The van der Waals surface area contributed by atoms with Gasteiger partial charge in [0.25, 0.3) is 5.91 Å². The van der Waals surface area contributed by atoms with E-state index in [1.165, 1.54) is 10.6 Å². The van der Waals surface area contributed by atoms with E-state index in [-0.39, 0.29) is 5.91 Å². The third-order valence-corrected chi connectivity index (χ3v) is 8.26. The van der Waals surface area contributed by atoms with Gasteiger partial charge in [-0.15, -0.1) is 0 Å². The Bertz CT molecular complexity index is 1310. The van der Waals surface area contributed by atoms with Gasteiger partial charge in [-0.3, -0.25) is 9.69 Å². The molecule has 192 valence electrons. The number of carbonyl (C=O) groups is 1. The average Bonchev–Trinajstić information content (AvgIpc) is 3.60. The fourth-order valence-electron chi connectivity index (χ4n) is 6.30. The molecule has 1 spiro atoms. The van der Waals surface area contributed by atoms with Gasteiger partial charge in [-0.1, -0.05) is 0 Å². The Morgan fingerprint density at radius 2 is 1.75 bits per heavy atom. The molecule has 0 N–H and O–H groups in total. The van der Waals surface area contributed by atoms with Gasteiger partial charge in [-0.05, 0) is 51.8 Å². The number of amides is 1. The highest BCUT2D eigenvalue weighted by molar-refractivity contribution is 6.00. The molecule has 1 amide bonds. The first-order chi connectivity index (χ1) is 17.2. The van der Waals surface area contributed by atoms with E-state index in [4.69, 9.17) is 0 Å². The van der Waals surface area contributed by atoms with Crippen LogP contribution in [0.15, 0.2) is 24.4 Å². The molecule has 6 heterocycles. The van der Waals surface area contributed by atoms with Gasteiger partial charge in [0, 0.05) is 56.7 Å². The van der Waals surface area contributed by atoms with Crippen molar-refractivity contribution in [1.82, 2.24) is 29.0 Å².